The minimum atomic E-state index is -1.42. The summed E-state index contributed by atoms with van der Waals surface area (Å²) in [6, 6.07) is -2.26. The number of carboxylic acid groups (broad SMARTS) is 2. The molecule has 0 aliphatic heterocycles. The van der Waals surface area contributed by atoms with Crippen LogP contribution in [0.25, 0.3) is 0 Å². The van der Waals surface area contributed by atoms with E-state index in [0.717, 1.165) is 0 Å². The SMILES string of the molecule is CC(C)NC(=O)NC(CC(=O)O)C(=O)O. The Kier molecular flexibility index (Phi) is 5.14. The lowest BCUT2D eigenvalue weighted by Crippen LogP contribution is -2.48. The van der Waals surface area contributed by atoms with Gasteiger partial charge in [0.2, 0.25) is 0 Å². The summed E-state index contributed by atoms with van der Waals surface area (Å²) in [6.07, 6.45) is -0.652. The standard InChI is InChI=1S/C8H14N2O5/c1-4(2)9-8(15)10-5(7(13)14)3-6(11)12/h4-5H,3H2,1-2H3,(H,11,12)(H,13,14)(H2,9,10,15). The van der Waals surface area contributed by atoms with Gasteiger partial charge in [0.25, 0.3) is 0 Å². The van der Waals surface area contributed by atoms with Crippen molar-refractivity contribution < 1.29 is 24.6 Å². The van der Waals surface area contributed by atoms with Gasteiger partial charge in [0.1, 0.15) is 6.04 Å². The fraction of sp³-hybridized carbons (Fsp3) is 0.625. The molecule has 0 saturated heterocycles. The van der Waals surface area contributed by atoms with Crippen LogP contribution >= 0.6 is 0 Å². The fourth-order valence-corrected chi connectivity index (χ4v) is 0.837. The quantitative estimate of drug-likeness (QED) is 0.502. The Labute approximate surface area is 86.5 Å². The number of rotatable bonds is 5. The molecule has 0 bridgehead atoms. The first kappa shape index (κ1) is 13.2. The molecule has 86 valence electrons. The van der Waals surface area contributed by atoms with Crippen molar-refractivity contribution in [1.29, 1.82) is 0 Å². The van der Waals surface area contributed by atoms with E-state index in [1.165, 1.54) is 0 Å². The first-order valence-corrected chi connectivity index (χ1v) is 4.34. The Morgan fingerprint density at radius 3 is 2.00 bits per heavy atom. The van der Waals surface area contributed by atoms with E-state index in [4.69, 9.17) is 10.2 Å². The highest BCUT2D eigenvalue weighted by Gasteiger charge is 2.22. The zero-order valence-electron chi connectivity index (χ0n) is 8.48. The van der Waals surface area contributed by atoms with Crippen LogP contribution in [0, 0.1) is 0 Å². The van der Waals surface area contributed by atoms with Crippen molar-refractivity contribution in [2.24, 2.45) is 0 Å². The van der Waals surface area contributed by atoms with E-state index in [9.17, 15) is 14.4 Å². The maximum atomic E-state index is 11.1. The number of carbonyl (C=O) groups is 3. The third-order valence-electron chi connectivity index (χ3n) is 1.40. The van der Waals surface area contributed by atoms with E-state index in [1.54, 1.807) is 13.8 Å². The Bertz CT molecular complexity index is 264. The van der Waals surface area contributed by atoms with Gasteiger partial charge in [0, 0.05) is 6.04 Å². The molecule has 0 spiro atoms. The number of hydrogen-bond acceptors (Lipinski definition) is 3. The third-order valence-corrected chi connectivity index (χ3v) is 1.40. The van der Waals surface area contributed by atoms with Crippen molar-refractivity contribution in [3.63, 3.8) is 0 Å². The molecule has 7 nitrogen and oxygen atoms in total. The van der Waals surface area contributed by atoms with Crippen molar-refractivity contribution in [2.45, 2.75) is 32.4 Å². The maximum absolute atomic E-state index is 11.1. The van der Waals surface area contributed by atoms with Crippen LogP contribution in [0.15, 0.2) is 0 Å². The molecule has 0 fully saturated rings. The Morgan fingerprint density at radius 2 is 1.67 bits per heavy atom. The average Bonchev–Trinajstić information content (AvgIpc) is 1.99. The monoisotopic (exact) mass is 218 g/mol. The number of aliphatic carboxylic acids is 2. The van der Waals surface area contributed by atoms with Crippen molar-refractivity contribution in [2.75, 3.05) is 0 Å². The number of carboxylic acids is 2. The molecule has 0 saturated carbocycles. The van der Waals surface area contributed by atoms with E-state index >= 15 is 0 Å². The molecule has 0 aromatic carbocycles. The molecule has 0 rings (SSSR count). The predicted octanol–water partition coefficient (Wildman–Crippen LogP) is -0.378. The third kappa shape index (κ3) is 6.30. The van der Waals surface area contributed by atoms with Gasteiger partial charge in [0.15, 0.2) is 0 Å². The zero-order chi connectivity index (χ0) is 12.0. The van der Waals surface area contributed by atoms with Gasteiger partial charge in [0.05, 0.1) is 6.42 Å². The summed E-state index contributed by atoms with van der Waals surface area (Å²) in [4.78, 5) is 31.9. The minimum Gasteiger partial charge on any atom is -0.481 e. The summed E-state index contributed by atoms with van der Waals surface area (Å²) in [5, 5.41) is 21.4. The van der Waals surface area contributed by atoms with Gasteiger partial charge >= 0.3 is 18.0 Å². The molecule has 1 atom stereocenters. The van der Waals surface area contributed by atoms with Crippen molar-refractivity contribution in [3.05, 3.63) is 0 Å². The van der Waals surface area contributed by atoms with Crippen molar-refractivity contribution in [3.8, 4) is 0 Å². The second kappa shape index (κ2) is 5.84. The number of urea groups is 1. The molecule has 0 radical (unpaired) electrons. The van der Waals surface area contributed by atoms with E-state index in [-0.39, 0.29) is 6.04 Å². The fourth-order valence-electron chi connectivity index (χ4n) is 0.837. The average molecular weight is 218 g/mol. The first-order chi connectivity index (χ1) is 6.82. The summed E-state index contributed by atoms with van der Waals surface area (Å²) in [7, 11) is 0. The van der Waals surface area contributed by atoms with Crippen LogP contribution in [-0.2, 0) is 9.59 Å². The van der Waals surface area contributed by atoms with Crippen LogP contribution in [0.5, 0.6) is 0 Å². The smallest absolute Gasteiger partial charge is 0.326 e. The summed E-state index contributed by atoms with van der Waals surface area (Å²) in [5.74, 6) is -2.66. The lowest BCUT2D eigenvalue weighted by Gasteiger charge is -2.14. The van der Waals surface area contributed by atoms with E-state index in [1.807, 2.05) is 5.32 Å². The second-order valence-corrected chi connectivity index (χ2v) is 3.26. The lowest BCUT2D eigenvalue weighted by atomic mass is 10.2. The van der Waals surface area contributed by atoms with Crippen molar-refractivity contribution >= 4 is 18.0 Å². The molecule has 15 heavy (non-hydrogen) atoms. The number of amides is 2. The summed E-state index contributed by atoms with van der Waals surface area (Å²) in [5.41, 5.74) is 0. The zero-order valence-corrected chi connectivity index (χ0v) is 8.48. The first-order valence-electron chi connectivity index (χ1n) is 4.34. The van der Waals surface area contributed by atoms with Crippen LogP contribution in [0.2, 0.25) is 0 Å². The second-order valence-electron chi connectivity index (χ2n) is 3.26. The van der Waals surface area contributed by atoms with Crippen molar-refractivity contribution in [1.82, 2.24) is 10.6 Å². The van der Waals surface area contributed by atoms with Crippen LogP contribution in [-0.4, -0.2) is 40.3 Å². The molecular formula is C8H14N2O5. The van der Waals surface area contributed by atoms with Crippen LogP contribution in [0.3, 0.4) is 0 Å². The van der Waals surface area contributed by atoms with Gasteiger partial charge in [-0.05, 0) is 13.8 Å². The Morgan fingerprint density at radius 1 is 1.13 bits per heavy atom. The minimum absolute atomic E-state index is 0.149. The summed E-state index contributed by atoms with van der Waals surface area (Å²) in [6.45, 7) is 3.40. The number of nitrogens with one attached hydrogen (secondary N) is 2. The maximum Gasteiger partial charge on any atom is 0.326 e. The normalized spacial score (nSPS) is 11.9. The van der Waals surface area contributed by atoms with Crippen LogP contribution in [0.1, 0.15) is 20.3 Å². The highest BCUT2D eigenvalue weighted by Crippen LogP contribution is 1.92. The number of carbonyl (C=O) groups excluding carboxylic acids is 1. The molecule has 0 aliphatic rings. The van der Waals surface area contributed by atoms with E-state index in [0.29, 0.717) is 0 Å². The number of hydrogen-bond donors (Lipinski definition) is 4. The Hall–Kier alpha value is -1.79. The molecule has 0 aromatic rings. The van der Waals surface area contributed by atoms with Gasteiger partial charge in [-0.25, -0.2) is 9.59 Å². The molecular weight excluding hydrogens is 204 g/mol. The predicted molar refractivity (Wildman–Crippen MR) is 50.5 cm³/mol. The van der Waals surface area contributed by atoms with Crippen LogP contribution < -0.4 is 10.6 Å². The van der Waals surface area contributed by atoms with Gasteiger partial charge in [-0.2, -0.15) is 0 Å². The highest BCUT2D eigenvalue weighted by atomic mass is 16.4. The van der Waals surface area contributed by atoms with E-state index < -0.39 is 30.4 Å². The molecule has 2 amide bonds. The largest absolute Gasteiger partial charge is 0.481 e. The summed E-state index contributed by atoms with van der Waals surface area (Å²) >= 11 is 0. The van der Waals surface area contributed by atoms with Crippen LogP contribution in [0.4, 0.5) is 4.79 Å². The van der Waals surface area contributed by atoms with E-state index in [2.05, 4.69) is 5.32 Å². The molecule has 1 unspecified atom stereocenters. The van der Waals surface area contributed by atoms with Gasteiger partial charge < -0.3 is 20.8 Å². The summed E-state index contributed by atoms with van der Waals surface area (Å²) < 4.78 is 0. The lowest BCUT2D eigenvalue weighted by molar-refractivity contribution is -0.145. The molecule has 0 heterocycles. The topological polar surface area (TPSA) is 116 Å². The highest BCUT2D eigenvalue weighted by molar-refractivity contribution is 5.86. The van der Waals surface area contributed by atoms with Gasteiger partial charge in [-0.15, -0.1) is 0 Å². The van der Waals surface area contributed by atoms with Gasteiger partial charge in [-0.3, -0.25) is 4.79 Å². The Balaban J connectivity index is 4.22. The molecule has 0 aromatic heterocycles. The molecule has 7 heteroatoms. The molecule has 4 N–H and O–H groups in total. The molecule has 0 aliphatic carbocycles. The van der Waals surface area contributed by atoms with Gasteiger partial charge in [-0.1, -0.05) is 0 Å².